The molecule has 1 fully saturated rings. The van der Waals surface area contributed by atoms with Crippen LogP contribution in [0.5, 0.6) is 5.75 Å². The molecule has 1 amide bonds. The third-order valence-corrected chi connectivity index (χ3v) is 7.33. The average Bonchev–Trinajstić information content (AvgIpc) is 3.41. The van der Waals surface area contributed by atoms with Crippen LogP contribution in [-0.4, -0.2) is 58.6 Å². The standard InChI is InChI=1S/C33H31N5O2/c1-24-8-6-12-27(20-24)38-22-29(26-10-4-3-5-11-26)31-32(34-23-35-33(31)38)37-18-16-36(17-19-37)30(39)15-14-25-9-7-13-28(21-25)40-2/h3-15,20-23H,16-19H2,1-2H3/b15-14+. The predicted octanol–water partition coefficient (Wildman–Crippen LogP) is 5.77. The van der Waals surface area contributed by atoms with E-state index in [1.165, 1.54) is 5.56 Å². The van der Waals surface area contributed by atoms with E-state index in [2.05, 4.69) is 71.1 Å². The molecule has 7 nitrogen and oxygen atoms in total. The molecule has 0 saturated carbocycles. The molecule has 0 spiro atoms. The molecule has 1 aliphatic rings. The lowest BCUT2D eigenvalue weighted by Gasteiger charge is -2.35. The monoisotopic (exact) mass is 529 g/mol. The summed E-state index contributed by atoms with van der Waals surface area (Å²) in [5, 5.41) is 1.02. The molecule has 40 heavy (non-hydrogen) atoms. The number of ether oxygens (including phenoxy) is 1. The minimum absolute atomic E-state index is 0.00544. The van der Waals surface area contributed by atoms with Crippen molar-refractivity contribution in [3.63, 3.8) is 0 Å². The maximum Gasteiger partial charge on any atom is 0.246 e. The fourth-order valence-corrected chi connectivity index (χ4v) is 5.25. The Morgan fingerprint density at radius 2 is 1.70 bits per heavy atom. The number of aromatic nitrogens is 3. The lowest BCUT2D eigenvalue weighted by Crippen LogP contribution is -2.48. The molecule has 3 heterocycles. The van der Waals surface area contributed by atoms with Crippen molar-refractivity contribution in [1.29, 1.82) is 0 Å². The first-order valence-corrected chi connectivity index (χ1v) is 13.5. The minimum atomic E-state index is 0.00544. The Bertz CT molecular complexity index is 1680. The van der Waals surface area contributed by atoms with Crippen molar-refractivity contribution in [3.05, 3.63) is 109 Å². The van der Waals surface area contributed by atoms with Gasteiger partial charge in [-0.2, -0.15) is 0 Å². The van der Waals surface area contributed by atoms with Gasteiger partial charge in [0.2, 0.25) is 5.91 Å². The van der Waals surface area contributed by atoms with Crippen molar-refractivity contribution in [2.75, 3.05) is 38.2 Å². The van der Waals surface area contributed by atoms with Crippen LogP contribution in [0.3, 0.4) is 0 Å². The van der Waals surface area contributed by atoms with E-state index in [-0.39, 0.29) is 5.91 Å². The highest BCUT2D eigenvalue weighted by Crippen LogP contribution is 2.37. The smallest absolute Gasteiger partial charge is 0.246 e. The Morgan fingerprint density at radius 1 is 0.900 bits per heavy atom. The van der Waals surface area contributed by atoms with Crippen molar-refractivity contribution in [2.24, 2.45) is 0 Å². The SMILES string of the molecule is COc1cccc(/C=C/C(=O)N2CCN(c3ncnc4c3c(-c3ccccc3)cn4-c3cccc(C)c3)CC2)c1. The summed E-state index contributed by atoms with van der Waals surface area (Å²) in [5.74, 6) is 1.67. The van der Waals surface area contributed by atoms with Crippen molar-refractivity contribution in [1.82, 2.24) is 19.4 Å². The number of fused-ring (bicyclic) bond motifs is 1. The number of nitrogens with zero attached hydrogens (tertiary/aromatic N) is 5. The molecule has 0 unspecified atom stereocenters. The first-order chi connectivity index (χ1) is 19.6. The van der Waals surface area contributed by atoms with Crippen molar-refractivity contribution in [2.45, 2.75) is 6.92 Å². The van der Waals surface area contributed by atoms with E-state index in [9.17, 15) is 4.79 Å². The maximum atomic E-state index is 13.0. The van der Waals surface area contributed by atoms with E-state index in [1.54, 1.807) is 19.5 Å². The fraction of sp³-hybridized carbons (Fsp3) is 0.182. The largest absolute Gasteiger partial charge is 0.497 e. The third-order valence-electron chi connectivity index (χ3n) is 7.33. The van der Waals surface area contributed by atoms with Gasteiger partial charge in [-0.05, 0) is 54.0 Å². The first-order valence-electron chi connectivity index (χ1n) is 13.5. The van der Waals surface area contributed by atoms with Crippen molar-refractivity contribution in [3.8, 4) is 22.6 Å². The van der Waals surface area contributed by atoms with E-state index in [4.69, 9.17) is 14.7 Å². The Balaban J connectivity index is 1.29. The van der Waals surface area contributed by atoms with Crippen LogP contribution in [0.4, 0.5) is 5.82 Å². The van der Waals surface area contributed by atoms with Gasteiger partial charge in [0.25, 0.3) is 0 Å². The normalized spacial score (nSPS) is 13.8. The van der Waals surface area contributed by atoms with Gasteiger partial charge in [-0.3, -0.25) is 4.79 Å². The second-order valence-electron chi connectivity index (χ2n) is 9.94. The summed E-state index contributed by atoms with van der Waals surface area (Å²) in [5.41, 5.74) is 6.26. The number of aryl methyl sites for hydroxylation is 1. The zero-order valence-electron chi connectivity index (χ0n) is 22.7. The maximum absolute atomic E-state index is 13.0. The Morgan fingerprint density at radius 3 is 2.48 bits per heavy atom. The molecular formula is C33H31N5O2. The Hall–Kier alpha value is -4.91. The molecule has 1 aliphatic heterocycles. The van der Waals surface area contributed by atoms with E-state index >= 15 is 0 Å². The number of carbonyl (C=O) groups excluding carboxylic acids is 1. The lowest BCUT2D eigenvalue weighted by atomic mass is 10.1. The number of rotatable bonds is 6. The minimum Gasteiger partial charge on any atom is -0.497 e. The van der Waals surface area contributed by atoms with Gasteiger partial charge >= 0.3 is 0 Å². The first kappa shape index (κ1) is 25.4. The average molecular weight is 530 g/mol. The van der Waals surface area contributed by atoms with Gasteiger partial charge in [0, 0.05) is 49.7 Å². The zero-order chi connectivity index (χ0) is 27.5. The molecule has 0 radical (unpaired) electrons. The highest BCUT2D eigenvalue weighted by Gasteiger charge is 2.25. The topological polar surface area (TPSA) is 63.5 Å². The van der Waals surface area contributed by atoms with Crippen LogP contribution in [0.1, 0.15) is 11.1 Å². The van der Waals surface area contributed by atoms with Crippen LogP contribution in [0, 0.1) is 6.92 Å². The molecule has 2 aromatic heterocycles. The van der Waals surface area contributed by atoms with E-state index in [0.717, 1.165) is 45.0 Å². The second kappa shape index (κ2) is 11.1. The van der Waals surface area contributed by atoms with Crippen LogP contribution in [0.2, 0.25) is 0 Å². The Kier molecular flexibility index (Phi) is 7.02. The number of hydrogen-bond acceptors (Lipinski definition) is 5. The molecule has 3 aromatic carbocycles. The molecular weight excluding hydrogens is 498 g/mol. The quantitative estimate of drug-likeness (QED) is 0.262. The van der Waals surface area contributed by atoms with Gasteiger partial charge in [0.05, 0.1) is 12.5 Å². The number of methoxy groups -OCH3 is 1. The molecule has 5 aromatic rings. The van der Waals surface area contributed by atoms with Gasteiger partial charge in [-0.1, -0.05) is 54.6 Å². The highest BCUT2D eigenvalue weighted by molar-refractivity contribution is 6.02. The predicted molar refractivity (Wildman–Crippen MR) is 160 cm³/mol. The summed E-state index contributed by atoms with van der Waals surface area (Å²) < 4.78 is 7.44. The number of hydrogen-bond donors (Lipinski definition) is 0. The summed E-state index contributed by atoms with van der Waals surface area (Å²) >= 11 is 0. The van der Waals surface area contributed by atoms with Gasteiger partial charge in [-0.15, -0.1) is 0 Å². The lowest BCUT2D eigenvalue weighted by molar-refractivity contribution is -0.126. The molecule has 200 valence electrons. The summed E-state index contributed by atoms with van der Waals surface area (Å²) in [6.07, 6.45) is 7.29. The second-order valence-corrected chi connectivity index (χ2v) is 9.94. The van der Waals surface area contributed by atoms with Crippen LogP contribution < -0.4 is 9.64 Å². The van der Waals surface area contributed by atoms with Crippen LogP contribution in [0.25, 0.3) is 33.9 Å². The van der Waals surface area contributed by atoms with E-state index in [0.29, 0.717) is 26.2 Å². The van der Waals surface area contributed by atoms with Crippen LogP contribution in [0.15, 0.2) is 97.5 Å². The molecule has 0 N–H and O–H groups in total. The summed E-state index contributed by atoms with van der Waals surface area (Å²) in [6, 6.07) is 26.5. The third kappa shape index (κ3) is 5.06. The number of amides is 1. The molecule has 7 heteroatoms. The number of anilines is 1. The van der Waals surface area contributed by atoms with Gasteiger partial charge in [0.1, 0.15) is 17.9 Å². The molecule has 6 rings (SSSR count). The summed E-state index contributed by atoms with van der Waals surface area (Å²) in [7, 11) is 1.64. The fourth-order valence-electron chi connectivity index (χ4n) is 5.25. The van der Waals surface area contributed by atoms with Crippen molar-refractivity contribution >= 4 is 28.8 Å². The van der Waals surface area contributed by atoms with Gasteiger partial charge < -0.3 is 19.1 Å². The molecule has 1 saturated heterocycles. The van der Waals surface area contributed by atoms with Crippen LogP contribution >= 0.6 is 0 Å². The highest BCUT2D eigenvalue weighted by atomic mass is 16.5. The van der Waals surface area contributed by atoms with Gasteiger partial charge in [-0.25, -0.2) is 9.97 Å². The van der Waals surface area contributed by atoms with E-state index < -0.39 is 0 Å². The number of piperazine rings is 1. The number of carbonyl (C=O) groups is 1. The molecule has 0 atom stereocenters. The zero-order valence-corrected chi connectivity index (χ0v) is 22.7. The number of benzene rings is 3. The van der Waals surface area contributed by atoms with Gasteiger partial charge in [0.15, 0.2) is 5.65 Å². The van der Waals surface area contributed by atoms with Crippen LogP contribution in [-0.2, 0) is 4.79 Å². The molecule has 0 aliphatic carbocycles. The summed E-state index contributed by atoms with van der Waals surface area (Å²) in [4.78, 5) is 26.6. The van der Waals surface area contributed by atoms with E-state index in [1.807, 2.05) is 41.3 Å². The van der Waals surface area contributed by atoms with Crippen molar-refractivity contribution < 1.29 is 9.53 Å². The molecule has 0 bridgehead atoms. The Labute approximate surface area is 234 Å². The summed E-state index contributed by atoms with van der Waals surface area (Å²) in [6.45, 7) is 4.71.